The summed E-state index contributed by atoms with van der Waals surface area (Å²) in [7, 11) is 0. The van der Waals surface area contributed by atoms with Crippen LogP contribution >= 0.6 is 0 Å². The van der Waals surface area contributed by atoms with Crippen LogP contribution in [0.2, 0.25) is 0 Å². The van der Waals surface area contributed by atoms with Gasteiger partial charge in [-0.15, -0.1) is 0 Å². The van der Waals surface area contributed by atoms with Crippen molar-refractivity contribution < 1.29 is 19.0 Å². The molecule has 0 bridgehead atoms. The number of rotatable bonds is 6. The van der Waals surface area contributed by atoms with Gasteiger partial charge < -0.3 is 24.0 Å². The molecular formula is C26H34N2O4. The highest BCUT2D eigenvalue weighted by Gasteiger charge is 2.42. The number of carbonyl (C=O) groups excluding carboxylic acids is 1. The molecule has 0 aromatic heterocycles. The van der Waals surface area contributed by atoms with Crippen molar-refractivity contribution in [2.75, 3.05) is 44.3 Å². The first-order chi connectivity index (χ1) is 15.4. The summed E-state index contributed by atoms with van der Waals surface area (Å²) in [4.78, 5) is 15.7. The summed E-state index contributed by atoms with van der Waals surface area (Å²) in [6, 6.07) is 14.6. The summed E-state index contributed by atoms with van der Waals surface area (Å²) in [5.74, 6) is 0.272. The fraction of sp³-hybridized carbons (Fsp3) is 0.500. The number of carbonyl (C=O) groups is 1. The second kappa shape index (κ2) is 9.51. The lowest BCUT2D eigenvalue weighted by atomic mass is 9.96. The van der Waals surface area contributed by atoms with Crippen molar-refractivity contribution >= 4 is 11.6 Å². The highest BCUT2D eigenvalue weighted by Crippen LogP contribution is 2.39. The summed E-state index contributed by atoms with van der Waals surface area (Å²) in [6.07, 6.45) is 0.633. The molecule has 2 aliphatic heterocycles. The van der Waals surface area contributed by atoms with Gasteiger partial charge in [-0.3, -0.25) is 4.79 Å². The second-order valence-corrected chi connectivity index (χ2v) is 8.77. The van der Waals surface area contributed by atoms with Crippen molar-refractivity contribution in [3.05, 3.63) is 59.2 Å². The third kappa shape index (κ3) is 4.76. The van der Waals surface area contributed by atoms with Gasteiger partial charge in [0.1, 0.15) is 18.5 Å². The molecule has 6 nitrogen and oxygen atoms in total. The Balaban J connectivity index is 1.32. The molecule has 0 spiro atoms. The molecule has 0 N–H and O–H groups in total. The number of benzene rings is 2. The molecular weight excluding hydrogens is 404 g/mol. The second-order valence-electron chi connectivity index (χ2n) is 8.77. The number of amides is 1. The Hall–Kier alpha value is -2.57. The average molecular weight is 439 g/mol. The molecule has 6 heteroatoms. The number of aryl methyl sites for hydroxylation is 2. The van der Waals surface area contributed by atoms with Gasteiger partial charge in [0.05, 0.1) is 6.61 Å². The zero-order chi connectivity index (χ0) is 22.7. The fourth-order valence-electron chi connectivity index (χ4n) is 4.63. The van der Waals surface area contributed by atoms with Crippen molar-refractivity contribution in [2.24, 2.45) is 0 Å². The molecule has 4 rings (SSSR count). The van der Waals surface area contributed by atoms with Gasteiger partial charge in [-0.1, -0.05) is 30.7 Å². The van der Waals surface area contributed by atoms with Crippen molar-refractivity contribution in [2.45, 2.75) is 46.0 Å². The number of ether oxygens (including phenoxy) is 3. The van der Waals surface area contributed by atoms with Crippen molar-refractivity contribution in [3.8, 4) is 5.75 Å². The number of hydrogen-bond donors (Lipinski definition) is 0. The van der Waals surface area contributed by atoms with E-state index in [4.69, 9.17) is 14.2 Å². The van der Waals surface area contributed by atoms with Gasteiger partial charge in [0.2, 0.25) is 5.91 Å². The highest BCUT2D eigenvalue weighted by atomic mass is 16.8. The van der Waals surface area contributed by atoms with Crippen LogP contribution in [0.3, 0.4) is 0 Å². The van der Waals surface area contributed by atoms with Gasteiger partial charge in [-0.2, -0.15) is 0 Å². The lowest BCUT2D eigenvalue weighted by Crippen LogP contribution is -2.48. The lowest BCUT2D eigenvalue weighted by molar-refractivity contribution is -0.181. The van der Waals surface area contributed by atoms with Gasteiger partial charge in [0.15, 0.2) is 5.79 Å². The van der Waals surface area contributed by atoms with Crippen LogP contribution < -0.4 is 9.64 Å². The van der Waals surface area contributed by atoms with Crippen LogP contribution in [0, 0.1) is 13.8 Å². The molecule has 0 radical (unpaired) electrons. The quantitative estimate of drug-likeness (QED) is 0.682. The Bertz CT molecular complexity index is 937. The monoisotopic (exact) mass is 438 g/mol. The standard InChI is InChI=1S/C26H34N2O4/c1-5-26(25-11-6-19(2)16-20(25)3)31-18-24(32-26)17-30-23-9-7-22(8-10-23)28-14-12-27(13-15-28)21(4)29/h6-11,16,24H,5,12-15,17-18H2,1-4H3/t24-,26-/m0/s1. The van der Waals surface area contributed by atoms with E-state index in [1.807, 2.05) is 17.0 Å². The van der Waals surface area contributed by atoms with Crippen molar-refractivity contribution in [1.29, 1.82) is 0 Å². The van der Waals surface area contributed by atoms with Crippen LogP contribution in [0.25, 0.3) is 0 Å². The maximum absolute atomic E-state index is 11.5. The fourth-order valence-corrected chi connectivity index (χ4v) is 4.63. The van der Waals surface area contributed by atoms with E-state index in [1.165, 1.54) is 11.1 Å². The first-order valence-electron chi connectivity index (χ1n) is 11.5. The maximum Gasteiger partial charge on any atom is 0.219 e. The van der Waals surface area contributed by atoms with E-state index >= 15 is 0 Å². The minimum absolute atomic E-state index is 0.116. The van der Waals surface area contributed by atoms with Crippen LogP contribution in [0.4, 0.5) is 5.69 Å². The molecule has 2 aromatic carbocycles. The molecule has 1 amide bonds. The minimum Gasteiger partial charge on any atom is -0.491 e. The summed E-state index contributed by atoms with van der Waals surface area (Å²) in [5.41, 5.74) is 4.68. The predicted molar refractivity (Wildman–Crippen MR) is 125 cm³/mol. The van der Waals surface area contributed by atoms with Crippen LogP contribution in [0.1, 0.15) is 37.0 Å². The predicted octanol–water partition coefficient (Wildman–Crippen LogP) is 4.03. The zero-order valence-corrected chi connectivity index (χ0v) is 19.6. The minimum atomic E-state index is -0.697. The van der Waals surface area contributed by atoms with E-state index in [9.17, 15) is 4.79 Å². The molecule has 2 fully saturated rings. The summed E-state index contributed by atoms with van der Waals surface area (Å²) in [5, 5.41) is 0. The topological polar surface area (TPSA) is 51.2 Å². The summed E-state index contributed by atoms with van der Waals surface area (Å²) in [6.45, 7) is 12.1. The molecule has 2 atom stereocenters. The highest BCUT2D eigenvalue weighted by molar-refractivity contribution is 5.73. The van der Waals surface area contributed by atoms with E-state index in [-0.39, 0.29) is 12.0 Å². The third-order valence-corrected chi connectivity index (χ3v) is 6.48. The summed E-state index contributed by atoms with van der Waals surface area (Å²) >= 11 is 0. The van der Waals surface area contributed by atoms with E-state index < -0.39 is 5.79 Å². The molecule has 2 aliphatic rings. The average Bonchev–Trinajstić information content (AvgIpc) is 3.22. The van der Waals surface area contributed by atoms with Crippen LogP contribution in [0.15, 0.2) is 42.5 Å². The van der Waals surface area contributed by atoms with Gasteiger partial charge in [0, 0.05) is 50.8 Å². The van der Waals surface area contributed by atoms with Gasteiger partial charge in [0.25, 0.3) is 0 Å². The lowest BCUT2D eigenvalue weighted by Gasteiger charge is -2.35. The van der Waals surface area contributed by atoms with Crippen molar-refractivity contribution in [1.82, 2.24) is 4.90 Å². The number of hydrogen-bond acceptors (Lipinski definition) is 5. The number of anilines is 1. The Morgan fingerprint density at radius 2 is 1.81 bits per heavy atom. The van der Waals surface area contributed by atoms with E-state index in [0.717, 1.165) is 49.6 Å². The molecule has 0 aliphatic carbocycles. The number of nitrogens with zero attached hydrogens (tertiary/aromatic N) is 2. The Morgan fingerprint density at radius 3 is 2.44 bits per heavy atom. The van der Waals surface area contributed by atoms with Crippen LogP contribution in [-0.4, -0.2) is 56.3 Å². The largest absolute Gasteiger partial charge is 0.491 e. The molecule has 2 heterocycles. The molecule has 2 aromatic rings. The first kappa shape index (κ1) is 22.6. The Kier molecular flexibility index (Phi) is 6.72. The Labute approximate surface area is 191 Å². The number of piperazine rings is 1. The zero-order valence-electron chi connectivity index (χ0n) is 19.6. The van der Waals surface area contributed by atoms with E-state index in [1.54, 1.807) is 6.92 Å². The molecule has 0 saturated carbocycles. The molecule has 2 saturated heterocycles. The third-order valence-electron chi connectivity index (χ3n) is 6.48. The smallest absolute Gasteiger partial charge is 0.219 e. The van der Waals surface area contributed by atoms with Crippen molar-refractivity contribution in [3.63, 3.8) is 0 Å². The normalized spacial score (nSPS) is 23.4. The molecule has 0 unspecified atom stereocenters. The van der Waals surface area contributed by atoms with Crippen LogP contribution in [0.5, 0.6) is 5.75 Å². The molecule has 172 valence electrons. The maximum atomic E-state index is 11.5. The van der Waals surface area contributed by atoms with E-state index in [2.05, 4.69) is 56.0 Å². The SMILES string of the molecule is CC[C@]1(c2ccc(C)cc2C)OC[C@H](COc2ccc(N3CCN(C(C)=O)CC3)cc2)O1. The summed E-state index contributed by atoms with van der Waals surface area (Å²) < 4.78 is 18.6. The Morgan fingerprint density at radius 1 is 1.09 bits per heavy atom. The first-order valence-corrected chi connectivity index (χ1v) is 11.5. The van der Waals surface area contributed by atoms with Gasteiger partial charge in [-0.05, 0) is 43.7 Å². The van der Waals surface area contributed by atoms with E-state index in [0.29, 0.717) is 13.2 Å². The van der Waals surface area contributed by atoms with Gasteiger partial charge in [-0.25, -0.2) is 0 Å². The van der Waals surface area contributed by atoms with Gasteiger partial charge >= 0.3 is 0 Å². The molecule has 32 heavy (non-hydrogen) atoms. The van der Waals surface area contributed by atoms with Crippen LogP contribution in [-0.2, 0) is 20.1 Å².